The number of piperazine rings is 1. The molecule has 0 saturated carbocycles. The molecule has 2 N–H and O–H groups in total. The van der Waals surface area contributed by atoms with Crippen molar-refractivity contribution in [2.75, 3.05) is 32.7 Å². The van der Waals surface area contributed by atoms with Crippen LogP contribution in [0, 0.1) is 12.7 Å². The third kappa shape index (κ3) is 3.60. The number of nitrogens with zero attached hydrogens (tertiary/aromatic N) is 2. The van der Waals surface area contributed by atoms with Gasteiger partial charge in [0.1, 0.15) is 5.82 Å². The van der Waals surface area contributed by atoms with Crippen LogP contribution in [0.3, 0.4) is 0 Å². The molecule has 2 rings (SSSR count). The van der Waals surface area contributed by atoms with Gasteiger partial charge in [-0.2, -0.15) is 0 Å². The predicted octanol–water partition coefficient (Wildman–Crippen LogP) is 1.63. The van der Waals surface area contributed by atoms with Crippen LogP contribution in [0.25, 0.3) is 0 Å². The van der Waals surface area contributed by atoms with Gasteiger partial charge in [0.25, 0.3) is 5.91 Å². The molecule has 0 radical (unpaired) electrons. The van der Waals surface area contributed by atoms with Gasteiger partial charge in [-0.15, -0.1) is 0 Å². The van der Waals surface area contributed by atoms with E-state index in [4.69, 9.17) is 5.73 Å². The van der Waals surface area contributed by atoms with E-state index >= 15 is 0 Å². The lowest BCUT2D eigenvalue weighted by Crippen LogP contribution is -2.53. The number of rotatable bonds is 4. The van der Waals surface area contributed by atoms with E-state index in [0.717, 1.165) is 25.1 Å². The van der Waals surface area contributed by atoms with E-state index in [1.165, 1.54) is 6.07 Å². The summed E-state index contributed by atoms with van der Waals surface area (Å²) in [5.74, 6) is -0.649. The highest BCUT2D eigenvalue weighted by molar-refractivity contribution is 5.94. The summed E-state index contributed by atoms with van der Waals surface area (Å²) in [6.07, 6.45) is 1.01. The third-order valence-electron chi connectivity index (χ3n) is 4.22. The largest absolute Gasteiger partial charge is 0.336 e. The van der Waals surface area contributed by atoms with Gasteiger partial charge < -0.3 is 10.6 Å². The Morgan fingerprint density at radius 2 is 2.00 bits per heavy atom. The predicted molar refractivity (Wildman–Crippen MR) is 81.7 cm³/mol. The molecule has 1 amide bonds. The summed E-state index contributed by atoms with van der Waals surface area (Å²) in [5.41, 5.74) is 6.75. The molecule has 1 saturated heterocycles. The molecular weight excluding hydrogens is 269 g/mol. The molecule has 4 nitrogen and oxygen atoms in total. The standard InChI is InChI=1S/C16H24FN3O/c1-3-13(11-18)19-6-8-20(9-7-19)16(21)14-5-4-12(2)10-15(14)17/h4-5,10,13H,3,6-9,11,18H2,1-2H3. The Morgan fingerprint density at radius 1 is 1.33 bits per heavy atom. The van der Waals surface area contributed by atoms with E-state index in [1.807, 2.05) is 6.92 Å². The Bertz CT molecular complexity index is 494. The fourth-order valence-corrected chi connectivity index (χ4v) is 2.83. The SMILES string of the molecule is CCC(CN)N1CCN(C(=O)c2ccc(C)cc2F)CC1. The first-order valence-electron chi connectivity index (χ1n) is 7.56. The summed E-state index contributed by atoms with van der Waals surface area (Å²) in [6, 6.07) is 5.13. The third-order valence-corrected chi connectivity index (χ3v) is 4.22. The van der Waals surface area contributed by atoms with Gasteiger partial charge in [-0.3, -0.25) is 9.69 Å². The first kappa shape index (κ1) is 15.9. The Kier molecular flexibility index (Phi) is 5.31. The Balaban J connectivity index is 2.00. The number of aryl methyl sites for hydroxylation is 1. The topological polar surface area (TPSA) is 49.6 Å². The maximum Gasteiger partial charge on any atom is 0.256 e. The van der Waals surface area contributed by atoms with E-state index in [9.17, 15) is 9.18 Å². The second-order valence-electron chi connectivity index (χ2n) is 5.61. The smallest absolute Gasteiger partial charge is 0.256 e. The summed E-state index contributed by atoms with van der Waals surface area (Å²) in [6.45, 7) is 7.43. The maximum atomic E-state index is 13.9. The van der Waals surface area contributed by atoms with Crippen LogP contribution in [0.1, 0.15) is 29.3 Å². The summed E-state index contributed by atoms with van der Waals surface area (Å²) >= 11 is 0. The molecule has 21 heavy (non-hydrogen) atoms. The molecule has 1 heterocycles. The quantitative estimate of drug-likeness (QED) is 0.918. The molecule has 0 aliphatic carbocycles. The summed E-state index contributed by atoms with van der Waals surface area (Å²) in [7, 11) is 0. The minimum Gasteiger partial charge on any atom is -0.336 e. The van der Waals surface area contributed by atoms with Crippen molar-refractivity contribution in [1.29, 1.82) is 0 Å². The lowest BCUT2D eigenvalue weighted by Gasteiger charge is -2.38. The zero-order chi connectivity index (χ0) is 15.4. The molecular formula is C16H24FN3O. The van der Waals surface area contributed by atoms with Crippen LogP contribution in [0.2, 0.25) is 0 Å². The number of hydrogen-bond donors (Lipinski definition) is 1. The number of benzene rings is 1. The average molecular weight is 293 g/mol. The van der Waals surface area contributed by atoms with Crippen molar-refractivity contribution in [3.05, 3.63) is 35.1 Å². The molecule has 1 aromatic rings. The number of carbonyl (C=O) groups excluding carboxylic acids is 1. The molecule has 1 aliphatic heterocycles. The second kappa shape index (κ2) is 7.00. The average Bonchev–Trinajstić information content (AvgIpc) is 2.48. The molecule has 116 valence electrons. The number of halogens is 1. The van der Waals surface area contributed by atoms with Gasteiger partial charge in [-0.25, -0.2) is 4.39 Å². The van der Waals surface area contributed by atoms with Gasteiger partial charge in [0.05, 0.1) is 5.56 Å². The van der Waals surface area contributed by atoms with Crippen LogP contribution in [0.15, 0.2) is 18.2 Å². The van der Waals surface area contributed by atoms with Crippen LogP contribution in [-0.2, 0) is 0 Å². The minimum absolute atomic E-state index is 0.167. The molecule has 0 bridgehead atoms. The molecule has 1 unspecified atom stereocenters. The summed E-state index contributed by atoms with van der Waals surface area (Å²) < 4.78 is 13.9. The van der Waals surface area contributed by atoms with E-state index in [1.54, 1.807) is 17.0 Å². The number of carbonyl (C=O) groups is 1. The Hall–Kier alpha value is -1.46. The van der Waals surface area contributed by atoms with Crippen molar-refractivity contribution in [2.45, 2.75) is 26.3 Å². The first-order chi connectivity index (χ1) is 10.1. The fraction of sp³-hybridized carbons (Fsp3) is 0.562. The summed E-state index contributed by atoms with van der Waals surface area (Å²) in [4.78, 5) is 16.4. The molecule has 1 aliphatic rings. The van der Waals surface area contributed by atoms with Crippen LogP contribution in [-0.4, -0.2) is 54.5 Å². The van der Waals surface area contributed by atoms with Gasteiger partial charge in [0.15, 0.2) is 0 Å². The van der Waals surface area contributed by atoms with Gasteiger partial charge in [-0.05, 0) is 31.0 Å². The Labute approximate surface area is 125 Å². The number of amides is 1. The lowest BCUT2D eigenvalue weighted by molar-refractivity contribution is 0.0567. The van der Waals surface area contributed by atoms with Crippen LogP contribution < -0.4 is 5.73 Å². The normalized spacial score (nSPS) is 17.8. The van der Waals surface area contributed by atoms with Crippen molar-refractivity contribution in [3.8, 4) is 0 Å². The van der Waals surface area contributed by atoms with E-state index < -0.39 is 5.82 Å². The lowest BCUT2D eigenvalue weighted by atomic mass is 10.1. The van der Waals surface area contributed by atoms with Crippen molar-refractivity contribution >= 4 is 5.91 Å². The molecule has 1 aromatic carbocycles. The monoisotopic (exact) mass is 293 g/mol. The molecule has 0 spiro atoms. The molecule has 1 fully saturated rings. The fourth-order valence-electron chi connectivity index (χ4n) is 2.83. The van der Waals surface area contributed by atoms with Crippen LogP contribution in [0.5, 0.6) is 0 Å². The van der Waals surface area contributed by atoms with Gasteiger partial charge in [-0.1, -0.05) is 13.0 Å². The Morgan fingerprint density at radius 3 is 2.52 bits per heavy atom. The van der Waals surface area contributed by atoms with E-state index in [2.05, 4.69) is 11.8 Å². The van der Waals surface area contributed by atoms with Gasteiger partial charge in [0.2, 0.25) is 0 Å². The maximum absolute atomic E-state index is 13.9. The highest BCUT2D eigenvalue weighted by Crippen LogP contribution is 2.15. The first-order valence-corrected chi connectivity index (χ1v) is 7.56. The molecule has 0 aromatic heterocycles. The van der Waals surface area contributed by atoms with Gasteiger partial charge in [0, 0.05) is 38.8 Å². The van der Waals surface area contributed by atoms with Gasteiger partial charge >= 0.3 is 0 Å². The number of hydrogen-bond acceptors (Lipinski definition) is 3. The zero-order valence-corrected chi connectivity index (χ0v) is 12.8. The zero-order valence-electron chi connectivity index (χ0n) is 12.8. The summed E-state index contributed by atoms with van der Waals surface area (Å²) in [5, 5.41) is 0. The van der Waals surface area contributed by atoms with Crippen molar-refractivity contribution in [3.63, 3.8) is 0 Å². The van der Waals surface area contributed by atoms with Crippen molar-refractivity contribution < 1.29 is 9.18 Å². The second-order valence-corrected chi connectivity index (χ2v) is 5.61. The van der Waals surface area contributed by atoms with Crippen molar-refractivity contribution in [2.24, 2.45) is 5.73 Å². The number of nitrogens with two attached hydrogens (primary N) is 1. The van der Waals surface area contributed by atoms with Crippen LogP contribution in [0.4, 0.5) is 4.39 Å². The van der Waals surface area contributed by atoms with Crippen LogP contribution >= 0.6 is 0 Å². The van der Waals surface area contributed by atoms with E-state index in [0.29, 0.717) is 25.7 Å². The highest BCUT2D eigenvalue weighted by Gasteiger charge is 2.26. The van der Waals surface area contributed by atoms with E-state index in [-0.39, 0.29) is 11.5 Å². The van der Waals surface area contributed by atoms with Crippen molar-refractivity contribution in [1.82, 2.24) is 9.80 Å². The molecule has 5 heteroatoms. The molecule has 1 atom stereocenters. The minimum atomic E-state index is -0.434. The highest BCUT2D eigenvalue weighted by atomic mass is 19.1.